The molecule has 0 aromatic carbocycles. The Morgan fingerprint density at radius 3 is 3.00 bits per heavy atom. The minimum atomic E-state index is -0.0185. The van der Waals surface area contributed by atoms with Crippen molar-refractivity contribution in [3.63, 3.8) is 0 Å². The minimum Gasteiger partial charge on any atom is -0.312 e. The summed E-state index contributed by atoms with van der Waals surface area (Å²) in [5.41, 5.74) is 0. The summed E-state index contributed by atoms with van der Waals surface area (Å²) in [6.45, 7) is 0. The third-order valence-corrected chi connectivity index (χ3v) is 2.17. The van der Waals surface area contributed by atoms with Crippen molar-refractivity contribution < 1.29 is 9.59 Å². The van der Waals surface area contributed by atoms with E-state index in [-0.39, 0.29) is 17.7 Å². The van der Waals surface area contributed by atoms with Crippen molar-refractivity contribution in [3.05, 3.63) is 24.4 Å². The van der Waals surface area contributed by atoms with E-state index in [9.17, 15) is 9.59 Å². The monoisotopic (exact) mass is 163 g/mol. The Kier molecular flexibility index (Phi) is 1.57. The Hall–Kier alpha value is -1.38. The fourth-order valence-electron chi connectivity index (χ4n) is 1.55. The number of ketones is 1. The summed E-state index contributed by atoms with van der Waals surface area (Å²) >= 11 is 0. The van der Waals surface area contributed by atoms with Gasteiger partial charge in [0.25, 0.3) is 0 Å². The van der Waals surface area contributed by atoms with Gasteiger partial charge in [0, 0.05) is 18.7 Å². The summed E-state index contributed by atoms with van der Waals surface area (Å²) in [6, 6.07) is 0.0694. The molecule has 0 aromatic rings. The molecule has 0 bridgehead atoms. The lowest BCUT2D eigenvalue weighted by Crippen LogP contribution is -2.40. The van der Waals surface area contributed by atoms with Crippen molar-refractivity contribution in [2.45, 2.75) is 18.9 Å². The second-order valence-corrected chi connectivity index (χ2v) is 3.02. The predicted molar refractivity (Wildman–Crippen MR) is 43.2 cm³/mol. The minimum absolute atomic E-state index is 0.0185. The van der Waals surface area contributed by atoms with Gasteiger partial charge in [-0.3, -0.25) is 9.59 Å². The topological polar surface area (TPSA) is 37.4 Å². The molecule has 0 aromatic heterocycles. The normalized spacial score (nSPS) is 27.7. The molecule has 1 atom stereocenters. The second kappa shape index (κ2) is 2.59. The highest BCUT2D eigenvalue weighted by atomic mass is 16.2. The van der Waals surface area contributed by atoms with Crippen molar-refractivity contribution in [3.8, 4) is 0 Å². The Morgan fingerprint density at radius 1 is 1.33 bits per heavy atom. The molecule has 0 saturated carbocycles. The fraction of sp³-hybridized carbons (Fsp3) is 0.333. The van der Waals surface area contributed by atoms with E-state index >= 15 is 0 Å². The molecule has 0 aliphatic carbocycles. The molecular weight excluding hydrogens is 154 g/mol. The van der Waals surface area contributed by atoms with Crippen LogP contribution in [-0.2, 0) is 9.59 Å². The predicted octanol–water partition coefficient (Wildman–Crippen LogP) is 0.630. The van der Waals surface area contributed by atoms with Gasteiger partial charge in [-0.25, -0.2) is 0 Å². The first-order chi connectivity index (χ1) is 5.77. The number of nitrogens with zero attached hydrogens (tertiary/aromatic N) is 1. The lowest BCUT2D eigenvalue weighted by atomic mass is 9.99. The van der Waals surface area contributed by atoms with Gasteiger partial charge >= 0.3 is 0 Å². The maximum atomic E-state index is 11.2. The van der Waals surface area contributed by atoms with Crippen LogP contribution in [0.2, 0.25) is 0 Å². The highest BCUT2D eigenvalue weighted by molar-refractivity contribution is 5.96. The average Bonchev–Trinajstić information content (AvgIpc) is 2.04. The Balaban J connectivity index is 2.28. The van der Waals surface area contributed by atoms with E-state index in [1.54, 1.807) is 17.2 Å². The third kappa shape index (κ3) is 1.07. The van der Waals surface area contributed by atoms with E-state index in [1.807, 2.05) is 6.08 Å². The van der Waals surface area contributed by atoms with Crippen LogP contribution in [0.3, 0.4) is 0 Å². The first-order valence-corrected chi connectivity index (χ1v) is 3.97. The van der Waals surface area contributed by atoms with Crippen LogP contribution in [0.1, 0.15) is 12.8 Å². The summed E-state index contributed by atoms with van der Waals surface area (Å²) in [4.78, 5) is 23.8. The van der Waals surface area contributed by atoms with Gasteiger partial charge in [0.05, 0.1) is 0 Å². The van der Waals surface area contributed by atoms with E-state index in [0.29, 0.717) is 6.42 Å². The number of hydrogen-bond donors (Lipinski definition) is 0. The lowest BCUT2D eigenvalue weighted by molar-refractivity contribution is -0.127. The van der Waals surface area contributed by atoms with Crippen molar-refractivity contribution >= 4 is 11.7 Å². The molecule has 1 unspecified atom stereocenters. The molecule has 0 spiro atoms. The van der Waals surface area contributed by atoms with Gasteiger partial charge in [0.2, 0.25) is 5.91 Å². The van der Waals surface area contributed by atoms with Gasteiger partial charge in [0.1, 0.15) is 0 Å². The summed E-state index contributed by atoms with van der Waals surface area (Å²) in [5, 5.41) is 0. The summed E-state index contributed by atoms with van der Waals surface area (Å²) in [6.07, 6.45) is 7.69. The summed E-state index contributed by atoms with van der Waals surface area (Å²) in [7, 11) is 0. The van der Waals surface area contributed by atoms with Crippen molar-refractivity contribution in [1.29, 1.82) is 0 Å². The molecule has 2 aliphatic heterocycles. The van der Waals surface area contributed by atoms with E-state index in [2.05, 4.69) is 0 Å². The van der Waals surface area contributed by atoms with Gasteiger partial charge in [-0.05, 0) is 18.6 Å². The van der Waals surface area contributed by atoms with Crippen molar-refractivity contribution in [2.24, 2.45) is 0 Å². The zero-order valence-corrected chi connectivity index (χ0v) is 6.56. The highest BCUT2D eigenvalue weighted by Crippen LogP contribution is 2.19. The van der Waals surface area contributed by atoms with Crippen LogP contribution in [-0.4, -0.2) is 22.6 Å². The third-order valence-electron chi connectivity index (χ3n) is 2.17. The zero-order chi connectivity index (χ0) is 8.55. The van der Waals surface area contributed by atoms with Crippen LogP contribution in [0, 0.1) is 0 Å². The van der Waals surface area contributed by atoms with Crippen LogP contribution in [0.5, 0.6) is 0 Å². The molecule has 2 heterocycles. The van der Waals surface area contributed by atoms with Crippen molar-refractivity contribution in [1.82, 2.24) is 4.90 Å². The first kappa shape index (κ1) is 7.28. The standard InChI is InChI=1S/C9H9NO2/c11-8-4-5-10-7(6-8)2-1-3-9(10)12/h1,3-5,7H,2,6H2. The second-order valence-electron chi connectivity index (χ2n) is 3.02. The van der Waals surface area contributed by atoms with E-state index in [1.165, 1.54) is 6.08 Å². The van der Waals surface area contributed by atoms with Crippen molar-refractivity contribution in [2.75, 3.05) is 0 Å². The number of rotatable bonds is 0. The molecule has 62 valence electrons. The van der Waals surface area contributed by atoms with Crippen LogP contribution in [0.25, 0.3) is 0 Å². The van der Waals surface area contributed by atoms with Crippen LogP contribution < -0.4 is 0 Å². The molecule has 2 rings (SSSR count). The number of carbonyl (C=O) groups excluding carboxylic acids is 2. The van der Waals surface area contributed by atoms with Gasteiger partial charge in [0.15, 0.2) is 5.78 Å². The molecule has 1 amide bonds. The molecule has 0 radical (unpaired) electrons. The van der Waals surface area contributed by atoms with Gasteiger partial charge < -0.3 is 4.90 Å². The number of amides is 1. The number of carbonyl (C=O) groups is 2. The SMILES string of the molecule is O=C1C=CN2C(=O)C=CCC2C1. The van der Waals surface area contributed by atoms with Gasteiger partial charge in [-0.1, -0.05) is 6.08 Å². The molecule has 0 N–H and O–H groups in total. The zero-order valence-electron chi connectivity index (χ0n) is 6.56. The highest BCUT2D eigenvalue weighted by Gasteiger charge is 2.27. The van der Waals surface area contributed by atoms with E-state index in [0.717, 1.165) is 6.42 Å². The summed E-state index contributed by atoms with van der Waals surface area (Å²) in [5.74, 6) is 0.0920. The van der Waals surface area contributed by atoms with Gasteiger partial charge in [-0.2, -0.15) is 0 Å². The largest absolute Gasteiger partial charge is 0.312 e. The molecule has 3 nitrogen and oxygen atoms in total. The van der Waals surface area contributed by atoms with Gasteiger partial charge in [-0.15, -0.1) is 0 Å². The molecule has 0 fully saturated rings. The molecule has 2 aliphatic rings. The number of fused-ring (bicyclic) bond motifs is 1. The Labute approximate surface area is 70.4 Å². The molecular formula is C9H9NO2. The fourth-order valence-corrected chi connectivity index (χ4v) is 1.55. The Bertz CT molecular complexity index is 291. The van der Waals surface area contributed by atoms with E-state index in [4.69, 9.17) is 0 Å². The molecule has 3 heteroatoms. The maximum Gasteiger partial charge on any atom is 0.250 e. The smallest absolute Gasteiger partial charge is 0.250 e. The quantitative estimate of drug-likeness (QED) is 0.525. The van der Waals surface area contributed by atoms with E-state index < -0.39 is 0 Å². The number of hydrogen-bond acceptors (Lipinski definition) is 2. The molecule has 12 heavy (non-hydrogen) atoms. The summed E-state index contributed by atoms with van der Waals surface area (Å²) < 4.78 is 0. The van der Waals surface area contributed by atoms with Crippen LogP contribution >= 0.6 is 0 Å². The maximum absolute atomic E-state index is 11.2. The lowest BCUT2D eigenvalue weighted by Gasteiger charge is -2.31. The average molecular weight is 163 g/mol. The number of allylic oxidation sites excluding steroid dienone is 1. The van der Waals surface area contributed by atoms with Crippen LogP contribution in [0.15, 0.2) is 24.4 Å². The first-order valence-electron chi connectivity index (χ1n) is 3.97. The Morgan fingerprint density at radius 2 is 2.17 bits per heavy atom. The van der Waals surface area contributed by atoms with Crippen LogP contribution in [0.4, 0.5) is 0 Å². The molecule has 0 saturated heterocycles.